The van der Waals surface area contributed by atoms with E-state index in [1.54, 1.807) is 49.8 Å². The second kappa shape index (κ2) is 9.92. The highest BCUT2D eigenvalue weighted by molar-refractivity contribution is 6.31. The first-order chi connectivity index (χ1) is 15.5. The number of benzene rings is 2. The zero-order valence-electron chi connectivity index (χ0n) is 17.8. The summed E-state index contributed by atoms with van der Waals surface area (Å²) in [7, 11) is 1.60. The summed E-state index contributed by atoms with van der Waals surface area (Å²) in [5.41, 5.74) is 2.71. The van der Waals surface area contributed by atoms with Crippen LogP contribution in [0, 0.1) is 0 Å². The molecule has 1 aliphatic carbocycles. The van der Waals surface area contributed by atoms with Gasteiger partial charge in [0, 0.05) is 29.7 Å². The van der Waals surface area contributed by atoms with Crippen molar-refractivity contribution in [1.82, 2.24) is 4.98 Å². The fourth-order valence-corrected chi connectivity index (χ4v) is 4.24. The average molecular weight is 453 g/mol. The van der Waals surface area contributed by atoms with Gasteiger partial charge in [0.1, 0.15) is 0 Å². The molecule has 0 aliphatic heterocycles. The number of carboxylic acid groups (broad SMARTS) is 1. The Morgan fingerprint density at radius 1 is 1.16 bits per heavy atom. The van der Waals surface area contributed by atoms with E-state index in [9.17, 15) is 9.90 Å². The van der Waals surface area contributed by atoms with E-state index in [0.29, 0.717) is 16.5 Å². The number of carbonyl (C=O) groups is 1. The van der Waals surface area contributed by atoms with Gasteiger partial charge in [0.15, 0.2) is 11.5 Å². The highest BCUT2D eigenvalue weighted by Crippen LogP contribution is 2.40. The van der Waals surface area contributed by atoms with Gasteiger partial charge in [0.05, 0.1) is 29.8 Å². The molecule has 0 spiro atoms. The lowest BCUT2D eigenvalue weighted by molar-refractivity contribution is 0.0697. The molecule has 1 atom stereocenters. The third-order valence-electron chi connectivity index (χ3n) is 5.65. The SMILES string of the molecule is COc1cc(Cl)c(C(Nc2ccc(C(=O)O)cc2)c2cccnc2)cc1OC1CCCC1. The standard InChI is InChI=1S/C25H25ClN2O4/c1-31-22-14-21(26)20(13-23(22)32-19-6-2-3-7-19)24(17-5-4-12-27-15-17)28-18-10-8-16(9-11-18)25(29)30/h4-5,8-15,19,24,28H,2-3,6-7H2,1H3,(H,29,30). The van der Waals surface area contributed by atoms with Crippen LogP contribution in [0.2, 0.25) is 5.02 Å². The van der Waals surface area contributed by atoms with Gasteiger partial charge >= 0.3 is 5.97 Å². The zero-order valence-corrected chi connectivity index (χ0v) is 18.5. The topological polar surface area (TPSA) is 80.7 Å². The fourth-order valence-electron chi connectivity index (χ4n) is 3.97. The Kier molecular flexibility index (Phi) is 6.81. The van der Waals surface area contributed by atoms with Gasteiger partial charge in [-0.2, -0.15) is 0 Å². The fraction of sp³-hybridized carbons (Fsp3) is 0.280. The summed E-state index contributed by atoms with van der Waals surface area (Å²) in [5.74, 6) is 0.296. The molecular weight excluding hydrogens is 428 g/mol. The van der Waals surface area contributed by atoms with E-state index in [2.05, 4.69) is 10.3 Å². The minimum atomic E-state index is -0.965. The summed E-state index contributed by atoms with van der Waals surface area (Å²) in [6, 6.07) is 13.8. The van der Waals surface area contributed by atoms with Crippen molar-refractivity contribution in [2.45, 2.75) is 37.8 Å². The average Bonchev–Trinajstić information content (AvgIpc) is 3.32. The molecule has 0 bridgehead atoms. The van der Waals surface area contributed by atoms with Crippen LogP contribution in [-0.4, -0.2) is 29.3 Å². The molecule has 0 saturated heterocycles. The number of hydrogen-bond donors (Lipinski definition) is 2. The summed E-state index contributed by atoms with van der Waals surface area (Å²) in [6.45, 7) is 0. The number of ether oxygens (including phenoxy) is 2. The smallest absolute Gasteiger partial charge is 0.335 e. The molecule has 2 N–H and O–H groups in total. The number of nitrogens with zero attached hydrogens (tertiary/aromatic N) is 1. The molecule has 166 valence electrons. The van der Waals surface area contributed by atoms with Crippen molar-refractivity contribution in [2.24, 2.45) is 0 Å². The van der Waals surface area contributed by atoms with Crippen molar-refractivity contribution in [1.29, 1.82) is 0 Å². The maximum absolute atomic E-state index is 11.2. The summed E-state index contributed by atoms with van der Waals surface area (Å²) in [5, 5.41) is 13.2. The predicted octanol–water partition coefficient (Wildman–Crippen LogP) is 5.96. The maximum atomic E-state index is 11.2. The molecule has 1 aliphatic rings. The van der Waals surface area contributed by atoms with E-state index in [4.69, 9.17) is 21.1 Å². The van der Waals surface area contributed by atoms with E-state index in [-0.39, 0.29) is 17.7 Å². The zero-order chi connectivity index (χ0) is 22.5. The minimum absolute atomic E-state index is 0.172. The molecule has 3 aromatic rings. The quantitative estimate of drug-likeness (QED) is 0.438. The van der Waals surface area contributed by atoms with E-state index < -0.39 is 5.97 Å². The van der Waals surface area contributed by atoms with Crippen molar-refractivity contribution >= 4 is 23.3 Å². The summed E-state index contributed by atoms with van der Waals surface area (Å²) in [6.07, 6.45) is 8.06. The molecule has 4 rings (SSSR count). The van der Waals surface area contributed by atoms with Crippen molar-refractivity contribution < 1.29 is 19.4 Å². The highest BCUT2D eigenvalue weighted by Gasteiger charge is 2.24. The van der Waals surface area contributed by atoms with Crippen LogP contribution in [0.15, 0.2) is 60.9 Å². The van der Waals surface area contributed by atoms with Crippen LogP contribution in [0.25, 0.3) is 0 Å². The van der Waals surface area contributed by atoms with Gasteiger partial charge in [0.25, 0.3) is 0 Å². The molecule has 6 nitrogen and oxygen atoms in total. The lowest BCUT2D eigenvalue weighted by atomic mass is 9.98. The molecule has 1 fully saturated rings. The Morgan fingerprint density at radius 3 is 2.53 bits per heavy atom. The summed E-state index contributed by atoms with van der Waals surface area (Å²) in [4.78, 5) is 15.5. The molecule has 7 heteroatoms. The number of rotatable bonds is 8. The van der Waals surface area contributed by atoms with Gasteiger partial charge in [-0.15, -0.1) is 0 Å². The van der Waals surface area contributed by atoms with Crippen molar-refractivity contribution in [2.75, 3.05) is 12.4 Å². The Labute approximate surface area is 192 Å². The molecule has 1 heterocycles. The number of aromatic carboxylic acids is 1. The molecule has 0 amide bonds. The number of nitrogens with one attached hydrogen (secondary N) is 1. The van der Waals surface area contributed by atoms with Crippen molar-refractivity contribution in [3.8, 4) is 11.5 Å². The molecule has 1 unspecified atom stereocenters. The number of methoxy groups -OCH3 is 1. The van der Waals surface area contributed by atoms with Crippen LogP contribution in [0.1, 0.15) is 53.2 Å². The summed E-state index contributed by atoms with van der Waals surface area (Å²) >= 11 is 6.70. The van der Waals surface area contributed by atoms with E-state index >= 15 is 0 Å². The molecule has 1 aromatic heterocycles. The number of anilines is 1. The Morgan fingerprint density at radius 2 is 1.91 bits per heavy atom. The van der Waals surface area contributed by atoms with Crippen LogP contribution in [0.5, 0.6) is 11.5 Å². The van der Waals surface area contributed by atoms with Crippen molar-refractivity contribution in [3.63, 3.8) is 0 Å². The molecule has 32 heavy (non-hydrogen) atoms. The van der Waals surface area contributed by atoms with Crippen LogP contribution in [-0.2, 0) is 0 Å². The van der Waals surface area contributed by atoms with Gasteiger partial charge < -0.3 is 19.9 Å². The number of aromatic nitrogens is 1. The number of pyridine rings is 1. The second-order valence-corrected chi connectivity index (χ2v) is 8.20. The normalized spacial score (nSPS) is 14.7. The Hall–Kier alpha value is -3.25. The van der Waals surface area contributed by atoms with Crippen LogP contribution in [0.3, 0.4) is 0 Å². The van der Waals surface area contributed by atoms with Gasteiger partial charge in [0.2, 0.25) is 0 Å². The third kappa shape index (κ3) is 4.97. The first kappa shape index (κ1) is 22.0. The van der Waals surface area contributed by atoms with Gasteiger partial charge in [-0.05, 0) is 67.6 Å². The largest absolute Gasteiger partial charge is 0.493 e. The van der Waals surface area contributed by atoms with Crippen LogP contribution in [0.4, 0.5) is 5.69 Å². The first-order valence-corrected chi connectivity index (χ1v) is 11.0. The molecular formula is C25H25ClN2O4. The second-order valence-electron chi connectivity index (χ2n) is 7.80. The van der Waals surface area contributed by atoms with Crippen molar-refractivity contribution in [3.05, 3.63) is 82.6 Å². The Bertz CT molecular complexity index is 1070. The van der Waals surface area contributed by atoms with Gasteiger partial charge in [-0.25, -0.2) is 4.79 Å². The van der Waals surface area contributed by atoms with Gasteiger partial charge in [-0.3, -0.25) is 4.98 Å². The van der Waals surface area contributed by atoms with E-state index in [0.717, 1.165) is 29.7 Å². The number of halogens is 1. The Balaban J connectivity index is 1.72. The lowest BCUT2D eigenvalue weighted by Gasteiger charge is -2.24. The third-order valence-corrected chi connectivity index (χ3v) is 5.98. The first-order valence-electron chi connectivity index (χ1n) is 10.6. The summed E-state index contributed by atoms with van der Waals surface area (Å²) < 4.78 is 11.8. The lowest BCUT2D eigenvalue weighted by Crippen LogP contribution is -2.15. The van der Waals surface area contributed by atoms with Gasteiger partial charge in [-0.1, -0.05) is 17.7 Å². The highest BCUT2D eigenvalue weighted by atomic mass is 35.5. The minimum Gasteiger partial charge on any atom is -0.493 e. The van der Waals surface area contributed by atoms with E-state index in [1.165, 1.54) is 12.8 Å². The molecule has 2 aromatic carbocycles. The molecule has 0 radical (unpaired) electrons. The molecule has 1 saturated carbocycles. The predicted molar refractivity (Wildman–Crippen MR) is 124 cm³/mol. The number of carboxylic acids is 1. The maximum Gasteiger partial charge on any atom is 0.335 e. The number of hydrogen-bond acceptors (Lipinski definition) is 5. The monoisotopic (exact) mass is 452 g/mol. The van der Waals surface area contributed by atoms with Crippen LogP contribution >= 0.6 is 11.6 Å². The van der Waals surface area contributed by atoms with E-state index in [1.807, 2.05) is 18.2 Å². The van der Waals surface area contributed by atoms with Crippen LogP contribution < -0.4 is 14.8 Å².